The van der Waals surface area contributed by atoms with Crippen LogP contribution in [0.2, 0.25) is 0 Å². The van der Waals surface area contributed by atoms with Gasteiger partial charge in [-0.1, -0.05) is 0 Å². The molecule has 0 atom stereocenters. The number of nitrogens with zero attached hydrogens (tertiary/aromatic N) is 3. The van der Waals surface area contributed by atoms with Crippen LogP contribution in [-0.2, 0) is 0 Å². The number of aromatic nitrogens is 2. The third kappa shape index (κ3) is 2.83. The third-order valence-corrected chi connectivity index (χ3v) is 2.67. The summed E-state index contributed by atoms with van der Waals surface area (Å²) in [6.45, 7) is 0.621. The summed E-state index contributed by atoms with van der Waals surface area (Å²) in [6, 6.07) is 4.54. The molecular formula is C11H15N5. The van der Waals surface area contributed by atoms with Gasteiger partial charge in [0.05, 0.1) is 12.5 Å². The number of anilines is 2. The van der Waals surface area contributed by atoms with Crippen molar-refractivity contribution in [3.05, 3.63) is 12.4 Å². The molecular weight excluding hydrogens is 202 g/mol. The Morgan fingerprint density at radius 1 is 1.38 bits per heavy atom. The first kappa shape index (κ1) is 10.7. The van der Waals surface area contributed by atoms with Gasteiger partial charge in [-0.25, -0.2) is 9.97 Å². The quantitative estimate of drug-likeness (QED) is 0.735. The molecule has 1 saturated carbocycles. The molecule has 0 spiro atoms. The Morgan fingerprint density at radius 3 is 2.88 bits per heavy atom. The van der Waals surface area contributed by atoms with E-state index in [1.807, 2.05) is 6.07 Å². The van der Waals surface area contributed by atoms with E-state index in [-0.39, 0.29) is 0 Å². The lowest BCUT2D eigenvalue weighted by atomic mass is 9.93. The maximum atomic E-state index is 8.42. The Labute approximate surface area is 94.9 Å². The number of hydrogen-bond donors (Lipinski definition) is 2. The van der Waals surface area contributed by atoms with E-state index in [1.165, 1.54) is 25.6 Å². The lowest BCUT2D eigenvalue weighted by Crippen LogP contribution is -2.27. The summed E-state index contributed by atoms with van der Waals surface area (Å²) in [5.74, 6) is 1.63. The largest absolute Gasteiger partial charge is 0.369 e. The average molecular weight is 217 g/mol. The Hall–Kier alpha value is -1.83. The van der Waals surface area contributed by atoms with Gasteiger partial charge in [0.15, 0.2) is 0 Å². The topological polar surface area (TPSA) is 73.6 Å². The van der Waals surface area contributed by atoms with Crippen molar-refractivity contribution in [2.24, 2.45) is 0 Å². The first-order valence-electron chi connectivity index (χ1n) is 5.58. The molecule has 5 nitrogen and oxygen atoms in total. The maximum absolute atomic E-state index is 8.42. The number of rotatable bonds is 5. The Kier molecular flexibility index (Phi) is 3.54. The molecule has 2 rings (SSSR count). The highest BCUT2D eigenvalue weighted by Gasteiger charge is 2.17. The van der Waals surface area contributed by atoms with Gasteiger partial charge in [0.1, 0.15) is 18.0 Å². The minimum Gasteiger partial charge on any atom is -0.369 e. The van der Waals surface area contributed by atoms with Gasteiger partial charge >= 0.3 is 0 Å². The molecule has 1 fully saturated rings. The van der Waals surface area contributed by atoms with Crippen LogP contribution in [0, 0.1) is 11.3 Å². The molecule has 0 aliphatic heterocycles. The van der Waals surface area contributed by atoms with E-state index in [9.17, 15) is 0 Å². The van der Waals surface area contributed by atoms with Crippen molar-refractivity contribution >= 4 is 11.6 Å². The van der Waals surface area contributed by atoms with E-state index in [1.54, 1.807) is 0 Å². The summed E-state index contributed by atoms with van der Waals surface area (Å²) in [6.07, 6.45) is 5.77. The summed E-state index contributed by atoms with van der Waals surface area (Å²) < 4.78 is 0. The van der Waals surface area contributed by atoms with Gasteiger partial charge in [-0.15, -0.1) is 0 Å². The monoisotopic (exact) mass is 217 g/mol. The van der Waals surface area contributed by atoms with Gasteiger partial charge in [0.25, 0.3) is 0 Å². The molecule has 0 bridgehead atoms. The third-order valence-electron chi connectivity index (χ3n) is 2.67. The van der Waals surface area contributed by atoms with Crippen LogP contribution in [-0.4, -0.2) is 22.6 Å². The van der Waals surface area contributed by atoms with E-state index >= 15 is 0 Å². The average Bonchev–Trinajstić information content (AvgIpc) is 2.25. The Balaban J connectivity index is 1.88. The van der Waals surface area contributed by atoms with Gasteiger partial charge in [-0.05, 0) is 19.3 Å². The predicted molar refractivity (Wildman–Crippen MR) is 62.0 cm³/mol. The van der Waals surface area contributed by atoms with Gasteiger partial charge < -0.3 is 10.6 Å². The van der Waals surface area contributed by atoms with Crippen molar-refractivity contribution in [1.29, 1.82) is 5.26 Å². The fourth-order valence-electron chi connectivity index (χ4n) is 1.54. The summed E-state index contributed by atoms with van der Waals surface area (Å²) in [7, 11) is 0. The minimum absolute atomic E-state index is 0.482. The van der Waals surface area contributed by atoms with Crippen LogP contribution < -0.4 is 10.6 Å². The first-order chi connectivity index (χ1) is 7.88. The van der Waals surface area contributed by atoms with Crippen molar-refractivity contribution in [1.82, 2.24) is 9.97 Å². The highest BCUT2D eigenvalue weighted by molar-refractivity contribution is 5.47. The van der Waals surface area contributed by atoms with Crippen LogP contribution in [0.15, 0.2) is 12.4 Å². The van der Waals surface area contributed by atoms with E-state index in [0.29, 0.717) is 19.0 Å². The molecule has 1 aromatic heterocycles. The zero-order valence-electron chi connectivity index (χ0n) is 9.11. The van der Waals surface area contributed by atoms with Gasteiger partial charge in [0.2, 0.25) is 0 Å². The molecule has 0 amide bonds. The lowest BCUT2D eigenvalue weighted by molar-refractivity contribution is 0.444. The molecule has 1 heterocycles. The van der Waals surface area contributed by atoms with E-state index in [0.717, 1.165) is 11.6 Å². The number of hydrogen-bond acceptors (Lipinski definition) is 5. The van der Waals surface area contributed by atoms with Crippen molar-refractivity contribution in [2.75, 3.05) is 17.2 Å². The first-order valence-corrected chi connectivity index (χ1v) is 5.58. The minimum atomic E-state index is 0.482. The molecule has 84 valence electrons. The molecule has 0 aromatic carbocycles. The standard InChI is InChI=1S/C11H15N5/c12-5-2-6-13-10-7-11(15-8-14-10)16-9-3-1-4-9/h7-9H,1-4,6H2,(H2,13,14,15,16). The molecule has 2 N–H and O–H groups in total. The van der Waals surface area contributed by atoms with Crippen molar-refractivity contribution in [3.8, 4) is 6.07 Å². The smallest absolute Gasteiger partial charge is 0.131 e. The Bertz CT molecular complexity index is 380. The summed E-state index contributed by atoms with van der Waals surface area (Å²) >= 11 is 0. The van der Waals surface area contributed by atoms with Gasteiger partial charge in [0, 0.05) is 18.7 Å². The second-order valence-corrected chi connectivity index (χ2v) is 3.90. The molecule has 1 aliphatic rings. The number of nitrogens with one attached hydrogen (secondary N) is 2. The van der Waals surface area contributed by atoms with Crippen LogP contribution >= 0.6 is 0 Å². The van der Waals surface area contributed by atoms with E-state index in [4.69, 9.17) is 5.26 Å². The molecule has 0 unspecified atom stereocenters. The molecule has 0 saturated heterocycles. The molecule has 1 aromatic rings. The number of nitriles is 1. The van der Waals surface area contributed by atoms with Gasteiger partial charge in [-0.3, -0.25) is 0 Å². The van der Waals surface area contributed by atoms with Crippen molar-refractivity contribution in [2.45, 2.75) is 31.7 Å². The zero-order valence-corrected chi connectivity index (χ0v) is 9.11. The van der Waals surface area contributed by atoms with Crippen LogP contribution in [0.5, 0.6) is 0 Å². The Morgan fingerprint density at radius 2 is 2.19 bits per heavy atom. The fraction of sp³-hybridized carbons (Fsp3) is 0.545. The zero-order chi connectivity index (χ0) is 11.2. The highest BCUT2D eigenvalue weighted by Crippen LogP contribution is 2.22. The van der Waals surface area contributed by atoms with Crippen LogP contribution in [0.3, 0.4) is 0 Å². The normalized spacial score (nSPS) is 14.9. The van der Waals surface area contributed by atoms with E-state index in [2.05, 4.69) is 26.7 Å². The summed E-state index contributed by atoms with van der Waals surface area (Å²) in [4.78, 5) is 8.25. The predicted octanol–water partition coefficient (Wildman–Crippen LogP) is 1.77. The lowest BCUT2D eigenvalue weighted by Gasteiger charge is -2.26. The summed E-state index contributed by atoms with van der Waals surface area (Å²) in [5.41, 5.74) is 0. The van der Waals surface area contributed by atoms with E-state index < -0.39 is 0 Å². The van der Waals surface area contributed by atoms with Crippen molar-refractivity contribution < 1.29 is 0 Å². The highest BCUT2D eigenvalue weighted by atomic mass is 15.1. The molecule has 5 heteroatoms. The SMILES string of the molecule is N#CCCNc1cc(NC2CCC2)ncn1. The molecule has 1 aliphatic carbocycles. The molecule has 16 heavy (non-hydrogen) atoms. The second-order valence-electron chi connectivity index (χ2n) is 3.90. The summed E-state index contributed by atoms with van der Waals surface area (Å²) in [5, 5.41) is 14.9. The van der Waals surface area contributed by atoms with Gasteiger partial charge in [-0.2, -0.15) is 5.26 Å². The second kappa shape index (κ2) is 5.31. The maximum Gasteiger partial charge on any atom is 0.131 e. The fourth-order valence-corrected chi connectivity index (χ4v) is 1.54. The van der Waals surface area contributed by atoms with Crippen LogP contribution in [0.4, 0.5) is 11.6 Å². The van der Waals surface area contributed by atoms with Crippen LogP contribution in [0.1, 0.15) is 25.7 Å². The molecule has 0 radical (unpaired) electrons. The van der Waals surface area contributed by atoms with Crippen molar-refractivity contribution in [3.63, 3.8) is 0 Å². The van der Waals surface area contributed by atoms with Crippen LogP contribution in [0.25, 0.3) is 0 Å².